The van der Waals surface area contributed by atoms with Gasteiger partial charge in [0.1, 0.15) is 5.82 Å². The Morgan fingerprint density at radius 2 is 2.29 bits per heavy atom. The molecule has 1 aromatic rings. The summed E-state index contributed by atoms with van der Waals surface area (Å²) in [6, 6.07) is 5.58. The normalized spacial score (nSPS) is 18.7. The SMILES string of the molecule is CCN(C)CCNC1CCc2cc(F)ccc21. The number of nitrogens with one attached hydrogen (secondary N) is 1. The van der Waals surface area contributed by atoms with Gasteiger partial charge in [-0.25, -0.2) is 4.39 Å². The number of likely N-dealkylation sites (N-methyl/N-ethyl adjacent to an activating group) is 1. The van der Waals surface area contributed by atoms with Gasteiger partial charge in [-0.1, -0.05) is 13.0 Å². The second kappa shape index (κ2) is 5.61. The fourth-order valence-corrected chi connectivity index (χ4v) is 2.39. The Labute approximate surface area is 103 Å². The molecule has 2 rings (SSSR count). The highest BCUT2D eigenvalue weighted by molar-refractivity contribution is 5.34. The van der Waals surface area contributed by atoms with Crippen molar-refractivity contribution in [3.05, 3.63) is 35.1 Å². The van der Waals surface area contributed by atoms with Crippen molar-refractivity contribution in [1.29, 1.82) is 0 Å². The van der Waals surface area contributed by atoms with Crippen molar-refractivity contribution in [3.8, 4) is 0 Å². The number of hydrogen-bond acceptors (Lipinski definition) is 2. The third-order valence-corrected chi connectivity index (χ3v) is 3.61. The Kier molecular flexibility index (Phi) is 4.13. The minimum atomic E-state index is -0.116. The monoisotopic (exact) mass is 236 g/mol. The maximum atomic E-state index is 13.1. The van der Waals surface area contributed by atoms with Gasteiger partial charge >= 0.3 is 0 Å². The molecule has 0 fully saturated rings. The lowest BCUT2D eigenvalue weighted by Gasteiger charge is -2.18. The van der Waals surface area contributed by atoms with Crippen molar-refractivity contribution in [1.82, 2.24) is 10.2 Å². The summed E-state index contributed by atoms with van der Waals surface area (Å²) in [4.78, 5) is 2.29. The minimum Gasteiger partial charge on any atom is -0.309 e. The standard InChI is InChI=1S/C14H21FN2/c1-3-17(2)9-8-16-14-7-4-11-10-12(15)5-6-13(11)14/h5-6,10,14,16H,3-4,7-9H2,1-2H3. The summed E-state index contributed by atoms with van der Waals surface area (Å²) in [5.41, 5.74) is 2.46. The molecule has 0 saturated heterocycles. The van der Waals surface area contributed by atoms with E-state index in [1.165, 1.54) is 11.1 Å². The molecule has 0 bridgehead atoms. The van der Waals surface area contributed by atoms with Gasteiger partial charge in [-0.2, -0.15) is 0 Å². The van der Waals surface area contributed by atoms with E-state index in [-0.39, 0.29) is 5.82 Å². The summed E-state index contributed by atoms with van der Waals surface area (Å²) in [5, 5.41) is 3.56. The van der Waals surface area contributed by atoms with Crippen molar-refractivity contribution >= 4 is 0 Å². The zero-order valence-corrected chi connectivity index (χ0v) is 10.7. The van der Waals surface area contributed by atoms with Gasteiger partial charge in [0.2, 0.25) is 0 Å². The van der Waals surface area contributed by atoms with Crippen LogP contribution in [0.25, 0.3) is 0 Å². The number of halogens is 1. The fourth-order valence-electron chi connectivity index (χ4n) is 2.39. The summed E-state index contributed by atoms with van der Waals surface area (Å²) in [6.07, 6.45) is 2.09. The Balaban J connectivity index is 1.89. The van der Waals surface area contributed by atoms with Crippen LogP contribution >= 0.6 is 0 Å². The highest BCUT2D eigenvalue weighted by Gasteiger charge is 2.21. The number of hydrogen-bond donors (Lipinski definition) is 1. The topological polar surface area (TPSA) is 15.3 Å². The first-order valence-corrected chi connectivity index (χ1v) is 6.41. The van der Waals surface area contributed by atoms with E-state index in [9.17, 15) is 4.39 Å². The van der Waals surface area contributed by atoms with Gasteiger partial charge in [-0.05, 0) is 49.7 Å². The van der Waals surface area contributed by atoms with Gasteiger partial charge in [-0.15, -0.1) is 0 Å². The summed E-state index contributed by atoms with van der Waals surface area (Å²) in [5.74, 6) is -0.116. The average molecular weight is 236 g/mol. The van der Waals surface area contributed by atoms with Gasteiger partial charge in [0.05, 0.1) is 0 Å². The molecule has 1 aliphatic carbocycles. The Morgan fingerprint density at radius 1 is 1.47 bits per heavy atom. The van der Waals surface area contributed by atoms with Crippen molar-refractivity contribution in [3.63, 3.8) is 0 Å². The molecule has 94 valence electrons. The van der Waals surface area contributed by atoms with Gasteiger partial charge in [-0.3, -0.25) is 0 Å². The highest BCUT2D eigenvalue weighted by atomic mass is 19.1. The molecule has 0 heterocycles. The summed E-state index contributed by atoms with van der Waals surface area (Å²) in [7, 11) is 2.12. The number of benzene rings is 1. The molecule has 0 amide bonds. The van der Waals surface area contributed by atoms with Gasteiger partial charge in [0.15, 0.2) is 0 Å². The molecular weight excluding hydrogens is 215 g/mol. The van der Waals surface area contributed by atoms with Crippen LogP contribution in [0.4, 0.5) is 4.39 Å². The van der Waals surface area contributed by atoms with Crippen LogP contribution in [0, 0.1) is 5.82 Å². The molecular formula is C14H21FN2. The molecule has 1 atom stereocenters. The molecule has 1 aliphatic rings. The lowest BCUT2D eigenvalue weighted by Crippen LogP contribution is -2.30. The largest absolute Gasteiger partial charge is 0.309 e. The van der Waals surface area contributed by atoms with Crippen molar-refractivity contribution < 1.29 is 4.39 Å². The van der Waals surface area contributed by atoms with E-state index in [0.29, 0.717) is 6.04 Å². The average Bonchev–Trinajstić information content (AvgIpc) is 2.71. The van der Waals surface area contributed by atoms with E-state index in [2.05, 4.69) is 24.2 Å². The van der Waals surface area contributed by atoms with E-state index < -0.39 is 0 Å². The molecule has 0 radical (unpaired) electrons. The predicted octanol–water partition coefficient (Wildman–Crippen LogP) is 2.35. The number of rotatable bonds is 5. The number of fused-ring (bicyclic) bond motifs is 1. The zero-order chi connectivity index (χ0) is 12.3. The van der Waals surface area contributed by atoms with E-state index in [0.717, 1.165) is 32.5 Å². The molecule has 0 aromatic heterocycles. The van der Waals surface area contributed by atoms with Crippen LogP contribution in [-0.4, -0.2) is 31.6 Å². The lowest BCUT2D eigenvalue weighted by molar-refractivity contribution is 0.339. The van der Waals surface area contributed by atoms with Gasteiger partial charge in [0.25, 0.3) is 0 Å². The molecule has 0 saturated carbocycles. The van der Waals surface area contributed by atoms with E-state index >= 15 is 0 Å². The Bertz CT molecular complexity index is 378. The summed E-state index contributed by atoms with van der Waals surface area (Å²) in [6.45, 7) is 5.29. The van der Waals surface area contributed by atoms with Crippen LogP contribution in [0.1, 0.15) is 30.5 Å². The first kappa shape index (κ1) is 12.5. The molecule has 1 aromatic carbocycles. The third-order valence-electron chi connectivity index (χ3n) is 3.61. The predicted molar refractivity (Wildman–Crippen MR) is 68.6 cm³/mol. The van der Waals surface area contributed by atoms with Crippen LogP contribution in [0.2, 0.25) is 0 Å². The third kappa shape index (κ3) is 3.05. The van der Waals surface area contributed by atoms with Crippen LogP contribution < -0.4 is 5.32 Å². The fraction of sp³-hybridized carbons (Fsp3) is 0.571. The molecule has 17 heavy (non-hydrogen) atoms. The minimum absolute atomic E-state index is 0.116. The molecule has 3 heteroatoms. The van der Waals surface area contributed by atoms with E-state index in [1.54, 1.807) is 12.1 Å². The Hall–Kier alpha value is -0.930. The molecule has 0 aliphatic heterocycles. The lowest BCUT2D eigenvalue weighted by atomic mass is 10.1. The maximum absolute atomic E-state index is 13.1. The maximum Gasteiger partial charge on any atom is 0.123 e. The second-order valence-corrected chi connectivity index (χ2v) is 4.78. The Morgan fingerprint density at radius 3 is 3.06 bits per heavy atom. The van der Waals surface area contributed by atoms with Crippen molar-refractivity contribution in [2.75, 3.05) is 26.7 Å². The van der Waals surface area contributed by atoms with Crippen molar-refractivity contribution in [2.24, 2.45) is 0 Å². The highest BCUT2D eigenvalue weighted by Crippen LogP contribution is 2.31. The van der Waals surface area contributed by atoms with E-state index in [4.69, 9.17) is 0 Å². The summed E-state index contributed by atoms with van der Waals surface area (Å²) < 4.78 is 13.1. The van der Waals surface area contributed by atoms with E-state index in [1.807, 2.05) is 6.07 Å². The smallest absolute Gasteiger partial charge is 0.123 e. The van der Waals surface area contributed by atoms with Crippen LogP contribution in [-0.2, 0) is 6.42 Å². The van der Waals surface area contributed by atoms with Crippen LogP contribution in [0.3, 0.4) is 0 Å². The zero-order valence-electron chi connectivity index (χ0n) is 10.7. The van der Waals surface area contributed by atoms with Crippen LogP contribution in [0.15, 0.2) is 18.2 Å². The second-order valence-electron chi connectivity index (χ2n) is 4.78. The first-order chi connectivity index (χ1) is 8.20. The number of nitrogens with zero attached hydrogens (tertiary/aromatic N) is 1. The van der Waals surface area contributed by atoms with Gasteiger partial charge < -0.3 is 10.2 Å². The molecule has 2 nitrogen and oxygen atoms in total. The van der Waals surface area contributed by atoms with Gasteiger partial charge in [0, 0.05) is 19.1 Å². The first-order valence-electron chi connectivity index (χ1n) is 6.41. The number of aryl methyl sites for hydroxylation is 1. The molecule has 1 N–H and O–H groups in total. The molecule has 1 unspecified atom stereocenters. The molecule has 0 spiro atoms. The van der Waals surface area contributed by atoms with Crippen molar-refractivity contribution in [2.45, 2.75) is 25.8 Å². The quantitative estimate of drug-likeness (QED) is 0.844. The van der Waals surface area contributed by atoms with Crippen LogP contribution in [0.5, 0.6) is 0 Å². The summed E-state index contributed by atoms with van der Waals surface area (Å²) >= 11 is 0.